The molecular weight excluding hydrogens is 312 g/mol. The number of carbonyl (C=O) groups excluding carboxylic acids is 1. The molecule has 1 heterocycles. The number of carbonyl (C=O) groups is 1. The largest absolute Gasteiger partial charge is 0.508 e. The van der Waals surface area contributed by atoms with Gasteiger partial charge in [-0.15, -0.1) is 6.58 Å². The van der Waals surface area contributed by atoms with Gasteiger partial charge in [-0.1, -0.05) is 48.5 Å². The van der Waals surface area contributed by atoms with Gasteiger partial charge in [0, 0.05) is 18.7 Å². The van der Waals surface area contributed by atoms with Crippen LogP contribution in [-0.4, -0.2) is 34.7 Å². The number of hydrogen-bond donors (Lipinski definition) is 1. The van der Waals surface area contributed by atoms with E-state index < -0.39 is 0 Å². The molecule has 4 heteroatoms. The van der Waals surface area contributed by atoms with Gasteiger partial charge in [-0.3, -0.25) is 9.79 Å². The smallest absolute Gasteiger partial charge is 0.227 e. The highest BCUT2D eigenvalue weighted by atomic mass is 16.3. The fourth-order valence-corrected chi connectivity index (χ4v) is 3.04. The molecule has 0 radical (unpaired) electrons. The SMILES string of the molecule is C=CCCN1CCC(c2ccccc2)N=C1C(=O)c1cccc(O)c1. The lowest BCUT2D eigenvalue weighted by Gasteiger charge is -2.32. The zero-order chi connectivity index (χ0) is 17.6. The Morgan fingerprint density at radius 1 is 1.24 bits per heavy atom. The number of phenols is 1. The Hall–Kier alpha value is -2.88. The minimum atomic E-state index is -0.152. The van der Waals surface area contributed by atoms with Crippen molar-refractivity contribution < 1.29 is 9.90 Å². The Kier molecular flexibility index (Phi) is 5.29. The Labute approximate surface area is 148 Å². The number of nitrogens with zero attached hydrogens (tertiary/aromatic N) is 2. The molecule has 0 amide bonds. The lowest BCUT2D eigenvalue weighted by atomic mass is 10.0. The van der Waals surface area contributed by atoms with Crippen LogP contribution in [0.1, 0.15) is 34.8 Å². The number of aliphatic imine (C=N–C) groups is 1. The van der Waals surface area contributed by atoms with E-state index in [1.54, 1.807) is 18.2 Å². The number of phenolic OH excluding ortho intramolecular Hbond substituents is 1. The van der Waals surface area contributed by atoms with Crippen LogP contribution in [0.2, 0.25) is 0 Å². The Balaban J connectivity index is 1.94. The van der Waals surface area contributed by atoms with Crippen molar-refractivity contribution in [1.29, 1.82) is 0 Å². The Bertz CT molecular complexity index is 783. The highest BCUT2D eigenvalue weighted by Crippen LogP contribution is 2.27. The molecule has 0 saturated carbocycles. The number of rotatable bonds is 6. The molecule has 1 aliphatic heterocycles. The van der Waals surface area contributed by atoms with Gasteiger partial charge in [-0.2, -0.15) is 0 Å². The van der Waals surface area contributed by atoms with Crippen molar-refractivity contribution in [3.8, 4) is 5.75 Å². The zero-order valence-corrected chi connectivity index (χ0v) is 14.1. The predicted molar refractivity (Wildman–Crippen MR) is 100 cm³/mol. The molecule has 128 valence electrons. The summed E-state index contributed by atoms with van der Waals surface area (Å²) in [5.41, 5.74) is 1.57. The summed E-state index contributed by atoms with van der Waals surface area (Å²) in [5, 5.41) is 9.68. The predicted octanol–water partition coefficient (Wildman–Crippen LogP) is 4.00. The van der Waals surface area contributed by atoms with E-state index in [1.807, 2.05) is 41.3 Å². The highest BCUT2D eigenvalue weighted by Gasteiger charge is 2.27. The minimum Gasteiger partial charge on any atom is -0.508 e. The second-order valence-electron chi connectivity index (χ2n) is 6.11. The van der Waals surface area contributed by atoms with Crippen LogP contribution in [0, 0.1) is 0 Å². The van der Waals surface area contributed by atoms with Gasteiger partial charge in [0.05, 0.1) is 6.04 Å². The summed E-state index contributed by atoms with van der Waals surface area (Å²) in [7, 11) is 0. The first kappa shape index (κ1) is 17.0. The van der Waals surface area contributed by atoms with Crippen molar-refractivity contribution in [3.05, 3.63) is 78.4 Å². The number of benzene rings is 2. The fourth-order valence-electron chi connectivity index (χ4n) is 3.04. The average Bonchev–Trinajstić information content (AvgIpc) is 2.66. The molecule has 1 unspecified atom stereocenters. The third-order valence-corrected chi connectivity index (χ3v) is 4.35. The molecule has 2 aromatic carbocycles. The van der Waals surface area contributed by atoms with Gasteiger partial charge in [0.25, 0.3) is 0 Å². The number of aromatic hydroxyl groups is 1. The second kappa shape index (κ2) is 7.79. The summed E-state index contributed by atoms with van der Waals surface area (Å²) >= 11 is 0. The Morgan fingerprint density at radius 3 is 2.76 bits per heavy atom. The van der Waals surface area contributed by atoms with Gasteiger partial charge in [0.2, 0.25) is 5.78 Å². The van der Waals surface area contributed by atoms with Crippen LogP contribution >= 0.6 is 0 Å². The van der Waals surface area contributed by atoms with Crippen LogP contribution in [-0.2, 0) is 0 Å². The van der Waals surface area contributed by atoms with Crippen LogP contribution in [0.3, 0.4) is 0 Å². The van der Waals surface area contributed by atoms with E-state index in [4.69, 9.17) is 4.99 Å². The molecule has 0 saturated heterocycles. The lowest BCUT2D eigenvalue weighted by molar-refractivity contribution is 0.104. The normalized spacial score (nSPS) is 17.0. The summed E-state index contributed by atoms with van der Waals surface area (Å²) in [6.07, 6.45) is 3.51. The van der Waals surface area contributed by atoms with E-state index in [0.717, 1.165) is 24.9 Å². The van der Waals surface area contributed by atoms with Crippen LogP contribution in [0.15, 0.2) is 72.2 Å². The number of hydrogen-bond acceptors (Lipinski definition) is 4. The van der Waals surface area contributed by atoms with Crippen molar-refractivity contribution in [1.82, 2.24) is 4.90 Å². The van der Waals surface area contributed by atoms with Crippen LogP contribution in [0.4, 0.5) is 0 Å². The molecule has 0 spiro atoms. The maximum atomic E-state index is 13.0. The molecule has 1 N–H and O–H groups in total. The summed E-state index contributed by atoms with van der Waals surface area (Å²) in [4.78, 5) is 19.8. The number of Topliss-reactive ketones (excluding diaryl/α,β-unsaturated/α-hetero) is 1. The maximum absolute atomic E-state index is 13.0. The molecule has 2 aromatic rings. The molecule has 0 aliphatic carbocycles. The van der Waals surface area contributed by atoms with Gasteiger partial charge >= 0.3 is 0 Å². The van der Waals surface area contributed by atoms with Gasteiger partial charge in [0.1, 0.15) is 5.75 Å². The molecule has 0 aromatic heterocycles. The summed E-state index contributed by atoms with van der Waals surface area (Å²) in [6.45, 7) is 5.25. The number of ketones is 1. The van der Waals surface area contributed by atoms with Gasteiger partial charge in [0.15, 0.2) is 5.84 Å². The summed E-state index contributed by atoms with van der Waals surface area (Å²) < 4.78 is 0. The van der Waals surface area contributed by atoms with Crippen molar-refractivity contribution in [2.24, 2.45) is 4.99 Å². The van der Waals surface area contributed by atoms with Crippen LogP contribution in [0.25, 0.3) is 0 Å². The van der Waals surface area contributed by atoms with Crippen molar-refractivity contribution in [2.45, 2.75) is 18.9 Å². The van der Waals surface area contributed by atoms with Crippen molar-refractivity contribution in [3.63, 3.8) is 0 Å². The second-order valence-corrected chi connectivity index (χ2v) is 6.11. The van der Waals surface area contributed by atoms with Crippen LogP contribution < -0.4 is 0 Å². The third kappa shape index (κ3) is 3.97. The first-order valence-electron chi connectivity index (χ1n) is 8.51. The minimum absolute atomic E-state index is 0.0163. The van der Waals surface area contributed by atoms with Crippen molar-refractivity contribution >= 4 is 11.6 Å². The van der Waals surface area contributed by atoms with Gasteiger partial charge < -0.3 is 10.0 Å². The molecule has 25 heavy (non-hydrogen) atoms. The first-order valence-corrected chi connectivity index (χ1v) is 8.51. The number of amidine groups is 1. The summed E-state index contributed by atoms with van der Waals surface area (Å²) in [5.74, 6) is 0.396. The molecule has 1 atom stereocenters. The zero-order valence-electron chi connectivity index (χ0n) is 14.1. The summed E-state index contributed by atoms with van der Waals surface area (Å²) in [6, 6.07) is 16.5. The molecular formula is C21H22N2O2. The first-order chi connectivity index (χ1) is 12.2. The molecule has 3 rings (SSSR count). The van der Waals surface area contributed by atoms with Gasteiger partial charge in [-0.25, -0.2) is 0 Å². The lowest BCUT2D eigenvalue weighted by Crippen LogP contribution is -2.41. The van der Waals surface area contributed by atoms with E-state index in [9.17, 15) is 9.90 Å². The maximum Gasteiger partial charge on any atom is 0.227 e. The topological polar surface area (TPSA) is 52.9 Å². The van der Waals surface area contributed by atoms with E-state index in [0.29, 0.717) is 17.9 Å². The van der Waals surface area contributed by atoms with Crippen molar-refractivity contribution in [2.75, 3.05) is 13.1 Å². The molecule has 1 aliphatic rings. The van der Waals surface area contributed by atoms with E-state index in [2.05, 4.69) is 6.58 Å². The molecule has 0 bridgehead atoms. The molecule has 4 nitrogen and oxygen atoms in total. The molecule has 0 fully saturated rings. The Morgan fingerprint density at radius 2 is 2.04 bits per heavy atom. The van der Waals surface area contributed by atoms with E-state index in [-0.39, 0.29) is 17.6 Å². The fraction of sp³-hybridized carbons (Fsp3) is 0.238. The quantitative estimate of drug-likeness (QED) is 0.642. The van der Waals surface area contributed by atoms with Crippen LogP contribution in [0.5, 0.6) is 5.75 Å². The highest BCUT2D eigenvalue weighted by molar-refractivity contribution is 6.45. The standard InChI is InChI=1S/C21H22N2O2/c1-2-3-13-23-14-12-19(16-8-5-4-6-9-16)22-21(23)20(25)17-10-7-11-18(24)15-17/h2,4-11,15,19,24H,1,3,12-14H2. The van der Waals surface area contributed by atoms with Gasteiger partial charge in [-0.05, 0) is 30.5 Å². The van der Waals surface area contributed by atoms with E-state index in [1.165, 1.54) is 6.07 Å². The average molecular weight is 334 g/mol. The van der Waals surface area contributed by atoms with E-state index >= 15 is 0 Å². The monoisotopic (exact) mass is 334 g/mol. The third-order valence-electron chi connectivity index (χ3n) is 4.35.